The zero-order valence-corrected chi connectivity index (χ0v) is 13.9. The average molecular weight is 363 g/mol. The van der Waals surface area contributed by atoms with Crippen LogP contribution in [-0.4, -0.2) is 71.3 Å². The molecular weight excluding hydrogens is 343 g/mol. The number of aromatic nitrogens is 2. The largest absolute Gasteiger partial charge is 0.442 e. The predicted molar refractivity (Wildman–Crippen MR) is 86.8 cm³/mol. The molecule has 134 valence electrons. The highest BCUT2D eigenvalue weighted by molar-refractivity contribution is 8.00. The van der Waals surface area contributed by atoms with E-state index in [1.54, 1.807) is 18.5 Å². The van der Waals surface area contributed by atoms with Crippen molar-refractivity contribution in [2.45, 2.75) is 11.9 Å². The van der Waals surface area contributed by atoms with Gasteiger partial charge < -0.3 is 10.2 Å². The quantitative estimate of drug-likeness (QED) is 0.738. The number of amides is 1. The lowest BCUT2D eigenvalue weighted by molar-refractivity contribution is -0.118. The summed E-state index contributed by atoms with van der Waals surface area (Å²) in [5.41, 5.74) is -4.36. The topological polar surface area (TPSA) is 61.4 Å². The number of nitrogens with one attached hydrogen (secondary N) is 1. The van der Waals surface area contributed by atoms with Crippen molar-refractivity contribution in [3.8, 4) is 0 Å². The van der Waals surface area contributed by atoms with Crippen molar-refractivity contribution < 1.29 is 18.0 Å². The number of carbonyl (C=O) groups excluding carboxylic acids is 1. The van der Waals surface area contributed by atoms with E-state index < -0.39 is 17.2 Å². The van der Waals surface area contributed by atoms with Crippen LogP contribution in [0.2, 0.25) is 0 Å². The Labute approximate surface area is 142 Å². The van der Waals surface area contributed by atoms with Gasteiger partial charge in [0.2, 0.25) is 11.9 Å². The minimum absolute atomic E-state index is 0.314. The maximum Gasteiger partial charge on any atom is 0.442 e. The Morgan fingerprint density at radius 1 is 1.21 bits per heavy atom. The molecule has 1 fully saturated rings. The average Bonchev–Trinajstić information content (AvgIpc) is 2.58. The Bertz CT molecular complexity index is 509. The lowest BCUT2D eigenvalue weighted by Crippen LogP contribution is -2.47. The molecule has 0 aliphatic carbocycles. The molecule has 1 aliphatic heterocycles. The van der Waals surface area contributed by atoms with E-state index in [2.05, 4.69) is 25.1 Å². The minimum atomic E-state index is -4.36. The number of hydrogen-bond donors (Lipinski definition) is 1. The van der Waals surface area contributed by atoms with Crippen molar-refractivity contribution in [1.82, 2.24) is 20.2 Å². The first-order chi connectivity index (χ1) is 11.4. The molecule has 0 radical (unpaired) electrons. The lowest BCUT2D eigenvalue weighted by atomic mass is 10.3. The van der Waals surface area contributed by atoms with Gasteiger partial charge in [-0.1, -0.05) is 0 Å². The molecule has 0 bridgehead atoms. The summed E-state index contributed by atoms with van der Waals surface area (Å²) in [6, 6.07) is 1.78. The summed E-state index contributed by atoms with van der Waals surface area (Å²) in [6.45, 7) is 4.60. The Balaban J connectivity index is 1.56. The maximum atomic E-state index is 12.0. The van der Waals surface area contributed by atoms with E-state index >= 15 is 0 Å². The smallest absolute Gasteiger partial charge is 0.355 e. The molecule has 2 heterocycles. The molecular formula is C14H20F3N5OS. The Kier molecular flexibility index (Phi) is 7.10. The van der Waals surface area contributed by atoms with Crippen LogP contribution in [0.1, 0.15) is 6.42 Å². The van der Waals surface area contributed by atoms with Gasteiger partial charge in [0, 0.05) is 45.1 Å². The van der Waals surface area contributed by atoms with E-state index in [0.717, 1.165) is 38.7 Å². The monoisotopic (exact) mass is 363 g/mol. The molecule has 0 saturated carbocycles. The van der Waals surface area contributed by atoms with Crippen LogP contribution in [0.15, 0.2) is 18.5 Å². The highest BCUT2D eigenvalue weighted by Crippen LogP contribution is 2.29. The van der Waals surface area contributed by atoms with Gasteiger partial charge >= 0.3 is 5.51 Å². The second-order valence-corrected chi connectivity index (χ2v) is 6.36. The SMILES string of the molecule is O=C(CSC(F)(F)F)NCCCN1CCN(c2ncccn2)CC1. The zero-order valence-electron chi connectivity index (χ0n) is 13.1. The van der Waals surface area contributed by atoms with Crippen LogP contribution >= 0.6 is 11.8 Å². The first-order valence-electron chi connectivity index (χ1n) is 7.66. The third-order valence-corrected chi connectivity index (χ3v) is 4.28. The number of nitrogens with zero attached hydrogens (tertiary/aromatic N) is 4. The molecule has 2 rings (SSSR count). The van der Waals surface area contributed by atoms with E-state index in [9.17, 15) is 18.0 Å². The van der Waals surface area contributed by atoms with Crippen molar-refractivity contribution in [2.24, 2.45) is 0 Å². The van der Waals surface area contributed by atoms with Crippen molar-refractivity contribution >= 4 is 23.6 Å². The zero-order chi connectivity index (χ0) is 17.4. The molecule has 10 heteroatoms. The van der Waals surface area contributed by atoms with Crippen LogP contribution in [-0.2, 0) is 4.79 Å². The van der Waals surface area contributed by atoms with E-state index in [0.29, 0.717) is 13.0 Å². The number of halogens is 3. The molecule has 24 heavy (non-hydrogen) atoms. The molecule has 1 N–H and O–H groups in total. The van der Waals surface area contributed by atoms with Crippen molar-refractivity contribution in [1.29, 1.82) is 0 Å². The highest BCUT2D eigenvalue weighted by Gasteiger charge is 2.29. The molecule has 1 amide bonds. The van der Waals surface area contributed by atoms with Crippen LogP contribution in [0.3, 0.4) is 0 Å². The summed E-state index contributed by atoms with van der Waals surface area (Å²) in [4.78, 5) is 24.1. The fraction of sp³-hybridized carbons (Fsp3) is 0.643. The number of hydrogen-bond acceptors (Lipinski definition) is 6. The number of carbonyl (C=O) groups is 1. The second-order valence-electron chi connectivity index (χ2n) is 5.32. The number of anilines is 1. The summed E-state index contributed by atoms with van der Waals surface area (Å²) in [5.74, 6) is -0.436. The number of alkyl halides is 3. The van der Waals surface area contributed by atoms with Gasteiger partial charge in [-0.05, 0) is 30.8 Å². The lowest BCUT2D eigenvalue weighted by Gasteiger charge is -2.34. The van der Waals surface area contributed by atoms with Gasteiger partial charge in [-0.15, -0.1) is 0 Å². The third kappa shape index (κ3) is 6.91. The van der Waals surface area contributed by atoms with Gasteiger partial charge in [-0.25, -0.2) is 9.97 Å². The van der Waals surface area contributed by atoms with Gasteiger partial charge in [0.1, 0.15) is 0 Å². The minimum Gasteiger partial charge on any atom is -0.355 e. The molecule has 6 nitrogen and oxygen atoms in total. The number of thioether (sulfide) groups is 1. The van der Waals surface area contributed by atoms with Crippen molar-refractivity contribution in [3.05, 3.63) is 18.5 Å². The Morgan fingerprint density at radius 3 is 2.50 bits per heavy atom. The van der Waals surface area contributed by atoms with Gasteiger partial charge in [-0.3, -0.25) is 9.69 Å². The van der Waals surface area contributed by atoms with Crippen LogP contribution < -0.4 is 10.2 Å². The van der Waals surface area contributed by atoms with Crippen molar-refractivity contribution in [3.63, 3.8) is 0 Å². The van der Waals surface area contributed by atoms with Crippen LogP contribution in [0, 0.1) is 0 Å². The molecule has 1 aromatic rings. The Hall–Kier alpha value is -1.55. The highest BCUT2D eigenvalue weighted by atomic mass is 32.2. The van der Waals surface area contributed by atoms with Gasteiger partial charge in [-0.2, -0.15) is 13.2 Å². The summed E-state index contributed by atoms with van der Waals surface area (Å²) in [7, 11) is 0. The van der Waals surface area contributed by atoms with E-state index in [1.165, 1.54) is 0 Å². The molecule has 1 aliphatic rings. The fourth-order valence-corrected chi connectivity index (χ4v) is 2.75. The summed E-state index contributed by atoms with van der Waals surface area (Å²) in [5, 5.41) is 2.51. The van der Waals surface area contributed by atoms with Crippen LogP contribution in [0.4, 0.5) is 19.1 Å². The first-order valence-corrected chi connectivity index (χ1v) is 8.64. The summed E-state index contributed by atoms with van der Waals surface area (Å²) in [6.07, 6.45) is 4.15. The first kappa shape index (κ1) is 18.8. The van der Waals surface area contributed by atoms with E-state index in [4.69, 9.17) is 0 Å². The van der Waals surface area contributed by atoms with Gasteiger partial charge in [0.15, 0.2) is 0 Å². The molecule has 1 aromatic heterocycles. The molecule has 1 saturated heterocycles. The third-order valence-electron chi connectivity index (χ3n) is 3.55. The molecule has 0 aromatic carbocycles. The van der Waals surface area contributed by atoms with Crippen LogP contribution in [0.25, 0.3) is 0 Å². The molecule has 0 atom stereocenters. The standard InChI is InChI=1S/C14H20F3N5OS/c15-14(16,17)24-11-12(23)18-5-2-6-21-7-9-22(10-8-21)13-19-3-1-4-20-13/h1,3-4H,2,5-11H2,(H,18,23). The van der Waals surface area contributed by atoms with Crippen molar-refractivity contribution in [2.75, 3.05) is 49.9 Å². The summed E-state index contributed by atoms with van der Waals surface area (Å²) >= 11 is -0.314. The maximum absolute atomic E-state index is 12.0. The summed E-state index contributed by atoms with van der Waals surface area (Å²) < 4.78 is 35.9. The van der Waals surface area contributed by atoms with Gasteiger partial charge in [0.25, 0.3) is 0 Å². The number of rotatable bonds is 7. The van der Waals surface area contributed by atoms with E-state index in [1.807, 2.05) is 0 Å². The number of piperazine rings is 1. The normalized spacial score (nSPS) is 16.2. The van der Waals surface area contributed by atoms with E-state index in [-0.39, 0.29) is 11.8 Å². The second kappa shape index (κ2) is 9.07. The van der Waals surface area contributed by atoms with Gasteiger partial charge in [0.05, 0.1) is 5.75 Å². The van der Waals surface area contributed by atoms with Crippen LogP contribution in [0.5, 0.6) is 0 Å². The molecule has 0 unspecified atom stereocenters. The molecule has 0 spiro atoms. The fourth-order valence-electron chi connectivity index (χ4n) is 2.35. The Morgan fingerprint density at radius 2 is 1.88 bits per heavy atom. The predicted octanol–water partition coefficient (Wildman–Crippen LogP) is 1.36.